The summed E-state index contributed by atoms with van der Waals surface area (Å²) in [5.74, 6) is 0.563. The lowest BCUT2D eigenvalue weighted by atomic mass is 9.51. The van der Waals surface area contributed by atoms with E-state index in [1.807, 2.05) is 0 Å². The Balaban J connectivity index is 1.80. The van der Waals surface area contributed by atoms with Crippen LogP contribution in [0.3, 0.4) is 0 Å². The van der Waals surface area contributed by atoms with Gasteiger partial charge in [-0.1, -0.05) is 31.2 Å². The molecule has 4 nitrogen and oxygen atoms in total. The highest BCUT2D eigenvalue weighted by molar-refractivity contribution is 6.32. The summed E-state index contributed by atoms with van der Waals surface area (Å²) in [6.07, 6.45) is 7.57. The summed E-state index contributed by atoms with van der Waals surface area (Å²) in [5, 5.41) is 0.668. The van der Waals surface area contributed by atoms with Gasteiger partial charge in [-0.25, -0.2) is 0 Å². The van der Waals surface area contributed by atoms with Crippen LogP contribution in [0.1, 0.15) is 52.9 Å². The Bertz CT molecular complexity index is 853. The lowest BCUT2D eigenvalue weighted by Crippen LogP contribution is -2.57. The summed E-state index contributed by atoms with van der Waals surface area (Å²) in [6.45, 7) is 9.13. The van der Waals surface area contributed by atoms with Crippen molar-refractivity contribution in [3.05, 3.63) is 34.9 Å². The van der Waals surface area contributed by atoms with Crippen molar-refractivity contribution in [3.8, 4) is 0 Å². The van der Waals surface area contributed by atoms with Crippen molar-refractivity contribution in [2.24, 2.45) is 29.1 Å². The van der Waals surface area contributed by atoms with Crippen molar-refractivity contribution in [3.63, 3.8) is 0 Å². The second kappa shape index (κ2) is 6.41. The highest BCUT2D eigenvalue weighted by Gasteiger charge is 2.68. The maximum atomic E-state index is 12.8. The molecule has 0 amide bonds. The Hall–Kier alpha value is -1.68. The van der Waals surface area contributed by atoms with E-state index in [-0.39, 0.29) is 23.4 Å². The number of fused-ring (bicyclic) bond motifs is 5. The molecule has 2 saturated carbocycles. The fourth-order valence-corrected chi connectivity index (χ4v) is 7.12. The highest BCUT2D eigenvalue weighted by Crippen LogP contribution is 2.66. The molecule has 0 saturated heterocycles. The maximum Gasteiger partial charge on any atom is 0.303 e. The van der Waals surface area contributed by atoms with Gasteiger partial charge in [-0.2, -0.15) is 0 Å². The van der Waals surface area contributed by atoms with Crippen LogP contribution in [0.25, 0.3) is 0 Å². The first-order chi connectivity index (χ1) is 13.1. The summed E-state index contributed by atoms with van der Waals surface area (Å²) < 4.78 is 5.77. The number of ketones is 2. The van der Waals surface area contributed by atoms with Crippen molar-refractivity contribution in [2.75, 3.05) is 0 Å². The van der Waals surface area contributed by atoms with Gasteiger partial charge in [0.05, 0.1) is 0 Å². The first kappa shape index (κ1) is 19.6. The molecule has 4 aliphatic rings. The fraction of sp³-hybridized carbons (Fsp3) is 0.609. The van der Waals surface area contributed by atoms with E-state index in [9.17, 15) is 14.4 Å². The smallest absolute Gasteiger partial charge is 0.303 e. The van der Waals surface area contributed by atoms with Crippen molar-refractivity contribution in [2.45, 2.75) is 58.5 Å². The molecule has 5 heteroatoms. The van der Waals surface area contributed by atoms with Gasteiger partial charge in [0.25, 0.3) is 0 Å². The number of esters is 1. The third-order valence-corrected chi connectivity index (χ3v) is 8.23. The normalized spacial score (nSPS) is 42.0. The first-order valence-electron chi connectivity index (χ1n) is 10.1. The van der Waals surface area contributed by atoms with E-state index in [1.54, 1.807) is 6.08 Å². The summed E-state index contributed by atoms with van der Waals surface area (Å²) in [4.78, 5) is 36.7. The Morgan fingerprint density at radius 1 is 1.29 bits per heavy atom. The standard InChI is InChI=1S/C23H27ClO4/c1-12-9-20-18-11-21(24)19-10-15(27)5-6-16(19)17(18)7-8-22(20,4)23(12,13(2)25)28-14(3)26/h10-11,16-18,20H,1,5-9H2,2-4H3/t16-,17-,18-,20+,22+,23?/m1/s1. The van der Waals surface area contributed by atoms with E-state index in [4.69, 9.17) is 16.3 Å². The third kappa shape index (κ3) is 2.46. The molecule has 1 unspecified atom stereocenters. The number of rotatable bonds is 2. The topological polar surface area (TPSA) is 60.4 Å². The van der Waals surface area contributed by atoms with E-state index < -0.39 is 17.0 Å². The molecule has 0 aliphatic heterocycles. The SMILES string of the molecule is C=C1C[C@H]2[C@@H]3C=C(Cl)C4=CC(=O)CC[C@@H]4[C@H]3CC[C@]2(C)C1(OC(C)=O)C(C)=O. The monoisotopic (exact) mass is 402 g/mol. The molecule has 4 aliphatic carbocycles. The lowest BCUT2D eigenvalue weighted by Gasteiger charge is -2.54. The van der Waals surface area contributed by atoms with E-state index in [1.165, 1.54) is 13.8 Å². The molecule has 0 bridgehead atoms. The van der Waals surface area contributed by atoms with Crippen LogP contribution >= 0.6 is 11.6 Å². The summed E-state index contributed by atoms with van der Waals surface area (Å²) in [7, 11) is 0. The number of halogens is 1. The minimum atomic E-state index is -1.26. The quantitative estimate of drug-likeness (QED) is 0.503. The van der Waals surface area contributed by atoms with Crippen molar-refractivity contribution < 1.29 is 19.1 Å². The number of hydrogen-bond acceptors (Lipinski definition) is 4. The van der Waals surface area contributed by atoms with Gasteiger partial charge in [-0.05, 0) is 73.5 Å². The molecule has 0 heterocycles. The minimum absolute atomic E-state index is 0.134. The number of Topliss-reactive ketones (excluding diaryl/α,β-unsaturated/α-hetero) is 1. The Morgan fingerprint density at radius 3 is 2.64 bits per heavy atom. The molecule has 0 aromatic heterocycles. The molecule has 0 spiro atoms. The number of hydrogen-bond donors (Lipinski definition) is 0. The zero-order valence-electron chi connectivity index (χ0n) is 16.7. The lowest BCUT2D eigenvalue weighted by molar-refractivity contribution is -0.178. The van der Waals surface area contributed by atoms with Gasteiger partial charge in [0.15, 0.2) is 17.2 Å². The molecule has 150 valence electrons. The molecule has 4 rings (SSSR count). The van der Waals surface area contributed by atoms with Crippen LogP contribution in [0.4, 0.5) is 0 Å². The predicted molar refractivity (Wildman–Crippen MR) is 106 cm³/mol. The average Bonchev–Trinajstić information content (AvgIpc) is 2.84. The van der Waals surface area contributed by atoms with Gasteiger partial charge in [-0.15, -0.1) is 0 Å². The molecule has 2 fully saturated rings. The predicted octanol–water partition coefficient (Wildman–Crippen LogP) is 4.53. The van der Waals surface area contributed by atoms with E-state index >= 15 is 0 Å². The largest absolute Gasteiger partial charge is 0.446 e. The second-order valence-electron chi connectivity index (χ2n) is 9.17. The van der Waals surface area contributed by atoms with Crippen molar-refractivity contribution in [1.29, 1.82) is 0 Å². The minimum Gasteiger partial charge on any atom is -0.446 e. The molecule has 28 heavy (non-hydrogen) atoms. The van der Waals surface area contributed by atoms with Gasteiger partial charge in [-0.3, -0.25) is 14.4 Å². The van der Waals surface area contributed by atoms with Crippen LogP contribution in [0.2, 0.25) is 0 Å². The fourth-order valence-electron chi connectivity index (χ4n) is 6.78. The zero-order valence-corrected chi connectivity index (χ0v) is 17.5. The van der Waals surface area contributed by atoms with E-state index in [0.717, 1.165) is 24.8 Å². The van der Waals surface area contributed by atoms with Crippen LogP contribution in [-0.4, -0.2) is 23.1 Å². The average molecular weight is 403 g/mol. The van der Waals surface area contributed by atoms with E-state index in [0.29, 0.717) is 35.3 Å². The van der Waals surface area contributed by atoms with Gasteiger partial charge < -0.3 is 4.74 Å². The van der Waals surface area contributed by atoms with Crippen LogP contribution in [0, 0.1) is 29.1 Å². The van der Waals surface area contributed by atoms with Crippen LogP contribution in [-0.2, 0) is 19.1 Å². The zero-order chi connectivity index (χ0) is 20.4. The van der Waals surface area contributed by atoms with Crippen LogP contribution < -0.4 is 0 Å². The molecular formula is C23H27ClO4. The number of carbonyl (C=O) groups is 3. The Kier molecular flexibility index (Phi) is 4.50. The van der Waals surface area contributed by atoms with Crippen molar-refractivity contribution >= 4 is 29.1 Å². The van der Waals surface area contributed by atoms with Gasteiger partial charge >= 0.3 is 5.97 Å². The highest BCUT2D eigenvalue weighted by atomic mass is 35.5. The summed E-state index contributed by atoms with van der Waals surface area (Å²) in [5.41, 5.74) is -0.0688. The van der Waals surface area contributed by atoms with Gasteiger partial charge in [0.1, 0.15) is 0 Å². The number of carbonyl (C=O) groups excluding carboxylic acids is 3. The van der Waals surface area contributed by atoms with Gasteiger partial charge in [0, 0.05) is 23.8 Å². The number of ether oxygens (including phenoxy) is 1. The molecule has 0 N–H and O–H groups in total. The molecule has 0 aromatic carbocycles. The first-order valence-corrected chi connectivity index (χ1v) is 10.5. The van der Waals surface area contributed by atoms with Gasteiger partial charge in [0.2, 0.25) is 0 Å². The second-order valence-corrected chi connectivity index (χ2v) is 9.58. The third-order valence-electron chi connectivity index (χ3n) is 7.88. The molecule has 0 radical (unpaired) electrons. The molecule has 0 aromatic rings. The molecule has 6 atom stereocenters. The van der Waals surface area contributed by atoms with Crippen LogP contribution in [0.5, 0.6) is 0 Å². The van der Waals surface area contributed by atoms with Crippen molar-refractivity contribution in [1.82, 2.24) is 0 Å². The maximum absolute atomic E-state index is 12.8. The van der Waals surface area contributed by atoms with Crippen LogP contribution in [0.15, 0.2) is 34.9 Å². The summed E-state index contributed by atoms with van der Waals surface area (Å²) in [6, 6.07) is 0. The summed E-state index contributed by atoms with van der Waals surface area (Å²) >= 11 is 6.63. The molecular weight excluding hydrogens is 376 g/mol. The Labute approximate surface area is 171 Å². The van der Waals surface area contributed by atoms with E-state index in [2.05, 4.69) is 19.6 Å². The number of allylic oxidation sites excluding steroid dienone is 4. The Morgan fingerprint density at radius 2 is 2.00 bits per heavy atom.